The van der Waals surface area contributed by atoms with Crippen LogP contribution < -0.4 is 10.5 Å². The highest BCUT2D eigenvalue weighted by Gasteiger charge is 2.08. The maximum Gasteiger partial charge on any atom is 0.214 e. The molecule has 0 fully saturated rings. The molecule has 0 aliphatic rings. The van der Waals surface area contributed by atoms with E-state index in [1.54, 1.807) is 4.52 Å². The van der Waals surface area contributed by atoms with Crippen LogP contribution in [0.25, 0.3) is 4.96 Å². The number of hydrogen-bond acceptors (Lipinski definition) is 5. The van der Waals surface area contributed by atoms with Gasteiger partial charge in [-0.3, -0.25) is 0 Å². The van der Waals surface area contributed by atoms with Gasteiger partial charge in [-0.05, 0) is 18.6 Å². The number of para-hydroxylation sites is 1. The summed E-state index contributed by atoms with van der Waals surface area (Å²) in [5.41, 5.74) is 6.85. The maximum absolute atomic E-state index is 5.75. The van der Waals surface area contributed by atoms with Gasteiger partial charge in [0.2, 0.25) is 4.96 Å². The van der Waals surface area contributed by atoms with Gasteiger partial charge in [0.15, 0.2) is 5.82 Å². The first kappa shape index (κ1) is 11.0. The Morgan fingerprint density at radius 1 is 1.39 bits per heavy atom. The highest BCUT2D eigenvalue weighted by atomic mass is 32.1. The average Bonchev–Trinajstić information content (AvgIpc) is 2.91. The molecule has 6 heteroatoms. The van der Waals surface area contributed by atoms with E-state index in [9.17, 15) is 0 Å². The van der Waals surface area contributed by atoms with Crippen molar-refractivity contribution in [1.29, 1.82) is 0 Å². The van der Waals surface area contributed by atoms with Crippen LogP contribution in [-0.2, 0) is 6.61 Å². The van der Waals surface area contributed by atoms with Crippen molar-refractivity contribution in [2.24, 2.45) is 0 Å². The fraction of sp³-hybridized carbons (Fsp3) is 0.167. The topological polar surface area (TPSA) is 65.4 Å². The number of thiazole rings is 1. The van der Waals surface area contributed by atoms with Gasteiger partial charge in [-0.25, -0.2) is 0 Å². The molecule has 0 aliphatic carbocycles. The molecule has 2 N–H and O–H groups in total. The molecule has 5 nitrogen and oxygen atoms in total. The van der Waals surface area contributed by atoms with E-state index >= 15 is 0 Å². The summed E-state index contributed by atoms with van der Waals surface area (Å²) >= 11 is 1.47. The van der Waals surface area contributed by atoms with E-state index in [2.05, 4.69) is 10.1 Å². The van der Waals surface area contributed by atoms with E-state index in [1.165, 1.54) is 11.3 Å². The monoisotopic (exact) mass is 260 g/mol. The smallest absolute Gasteiger partial charge is 0.214 e. The second-order valence-corrected chi connectivity index (χ2v) is 4.77. The Morgan fingerprint density at radius 2 is 2.22 bits per heavy atom. The van der Waals surface area contributed by atoms with E-state index in [4.69, 9.17) is 10.5 Å². The standard InChI is InChI=1S/C12H12N4OS/c1-8-4-2-3-5-9(8)17-6-11-14-12-16(15-11)10(13)7-18-12/h2-5,7H,6,13H2,1H3. The number of nitrogen functional groups attached to an aromatic ring is 1. The number of aromatic nitrogens is 3. The van der Waals surface area contributed by atoms with Gasteiger partial charge in [0.1, 0.15) is 18.2 Å². The molecule has 3 aromatic rings. The lowest BCUT2D eigenvalue weighted by atomic mass is 10.2. The van der Waals surface area contributed by atoms with E-state index in [1.807, 2.05) is 36.6 Å². The highest BCUT2D eigenvalue weighted by molar-refractivity contribution is 7.15. The fourth-order valence-corrected chi connectivity index (χ4v) is 2.40. The SMILES string of the molecule is Cc1ccccc1OCc1nc2scc(N)n2n1. The van der Waals surface area contributed by atoms with Crippen LogP contribution in [0.1, 0.15) is 11.4 Å². The number of anilines is 1. The molecule has 0 radical (unpaired) electrons. The van der Waals surface area contributed by atoms with Crippen LogP contribution in [0, 0.1) is 6.92 Å². The van der Waals surface area contributed by atoms with Crippen LogP contribution in [0.3, 0.4) is 0 Å². The van der Waals surface area contributed by atoms with Gasteiger partial charge in [-0.1, -0.05) is 18.2 Å². The lowest BCUT2D eigenvalue weighted by molar-refractivity contribution is 0.294. The number of nitrogens with two attached hydrogens (primary N) is 1. The normalized spacial score (nSPS) is 10.9. The summed E-state index contributed by atoms with van der Waals surface area (Å²) in [5, 5.41) is 6.10. The van der Waals surface area contributed by atoms with Crippen molar-refractivity contribution < 1.29 is 4.74 Å². The minimum Gasteiger partial charge on any atom is -0.485 e. The largest absolute Gasteiger partial charge is 0.485 e. The van der Waals surface area contributed by atoms with Crippen molar-refractivity contribution in [2.75, 3.05) is 5.73 Å². The van der Waals surface area contributed by atoms with Crippen molar-refractivity contribution in [3.05, 3.63) is 41.0 Å². The molecule has 2 heterocycles. The molecule has 0 saturated heterocycles. The summed E-state index contributed by atoms with van der Waals surface area (Å²) in [6.07, 6.45) is 0. The van der Waals surface area contributed by atoms with Crippen LogP contribution in [0.15, 0.2) is 29.6 Å². The zero-order valence-electron chi connectivity index (χ0n) is 9.83. The Labute approximate surface area is 108 Å². The van der Waals surface area contributed by atoms with Crippen LogP contribution in [0.2, 0.25) is 0 Å². The number of ether oxygens (including phenoxy) is 1. The molecule has 2 aromatic heterocycles. The number of aryl methyl sites for hydroxylation is 1. The van der Waals surface area contributed by atoms with E-state index in [-0.39, 0.29) is 0 Å². The second-order valence-electron chi connectivity index (χ2n) is 3.94. The second kappa shape index (κ2) is 4.30. The van der Waals surface area contributed by atoms with Crippen molar-refractivity contribution in [1.82, 2.24) is 14.6 Å². The van der Waals surface area contributed by atoms with Crippen molar-refractivity contribution in [2.45, 2.75) is 13.5 Å². The lowest BCUT2D eigenvalue weighted by Crippen LogP contribution is -2.00. The maximum atomic E-state index is 5.75. The summed E-state index contributed by atoms with van der Waals surface area (Å²) in [5.74, 6) is 2.09. The lowest BCUT2D eigenvalue weighted by Gasteiger charge is -2.05. The minimum absolute atomic E-state index is 0.346. The Kier molecular flexibility index (Phi) is 2.64. The predicted molar refractivity (Wildman–Crippen MR) is 70.8 cm³/mol. The molecular formula is C12H12N4OS. The number of nitrogens with zero attached hydrogens (tertiary/aromatic N) is 3. The van der Waals surface area contributed by atoms with Crippen LogP contribution in [0.4, 0.5) is 5.82 Å². The molecule has 0 bridgehead atoms. The van der Waals surface area contributed by atoms with Crippen LogP contribution >= 0.6 is 11.3 Å². The Morgan fingerprint density at radius 3 is 3.00 bits per heavy atom. The first-order valence-electron chi connectivity index (χ1n) is 5.51. The number of hydrogen-bond donors (Lipinski definition) is 1. The first-order valence-corrected chi connectivity index (χ1v) is 6.39. The summed E-state index contributed by atoms with van der Waals surface area (Å²) in [4.78, 5) is 5.13. The van der Waals surface area contributed by atoms with E-state index in [0.29, 0.717) is 18.2 Å². The highest BCUT2D eigenvalue weighted by Crippen LogP contribution is 2.19. The van der Waals surface area contributed by atoms with Gasteiger partial charge >= 0.3 is 0 Å². The summed E-state index contributed by atoms with van der Waals surface area (Å²) < 4.78 is 7.31. The Balaban J connectivity index is 1.79. The van der Waals surface area contributed by atoms with Gasteiger partial charge in [0, 0.05) is 5.38 Å². The van der Waals surface area contributed by atoms with Crippen molar-refractivity contribution in [3.63, 3.8) is 0 Å². The molecule has 0 unspecified atom stereocenters. The number of rotatable bonds is 3. The summed E-state index contributed by atoms with van der Waals surface area (Å²) in [6, 6.07) is 7.86. The van der Waals surface area contributed by atoms with E-state index < -0.39 is 0 Å². The first-order chi connectivity index (χ1) is 8.74. The molecule has 18 heavy (non-hydrogen) atoms. The van der Waals surface area contributed by atoms with Crippen molar-refractivity contribution in [3.8, 4) is 5.75 Å². The van der Waals surface area contributed by atoms with Gasteiger partial charge in [-0.2, -0.15) is 9.50 Å². The molecule has 0 atom stereocenters. The van der Waals surface area contributed by atoms with Gasteiger partial charge in [0.05, 0.1) is 0 Å². The van der Waals surface area contributed by atoms with Crippen LogP contribution in [0.5, 0.6) is 5.75 Å². The van der Waals surface area contributed by atoms with Gasteiger partial charge < -0.3 is 10.5 Å². The summed E-state index contributed by atoms with van der Waals surface area (Å²) in [6.45, 7) is 2.35. The summed E-state index contributed by atoms with van der Waals surface area (Å²) in [7, 11) is 0. The molecule has 0 aliphatic heterocycles. The van der Waals surface area contributed by atoms with E-state index in [0.717, 1.165) is 16.3 Å². The molecule has 1 aromatic carbocycles. The van der Waals surface area contributed by atoms with Gasteiger partial charge in [-0.15, -0.1) is 16.4 Å². The minimum atomic E-state index is 0.346. The third-order valence-electron chi connectivity index (χ3n) is 2.60. The molecule has 0 spiro atoms. The van der Waals surface area contributed by atoms with Crippen molar-refractivity contribution >= 4 is 22.1 Å². The zero-order valence-corrected chi connectivity index (χ0v) is 10.6. The molecule has 92 valence electrons. The third-order valence-corrected chi connectivity index (χ3v) is 3.44. The molecule has 0 saturated carbocycles. The van der Waals surface area contributed by atoms with Crippen LogP contribution in [-0.4, -0.2) is 14.6 Å². The average molecular weight is 260 g/mol. The zero-order chi connectivity index (χ0) is 12.5. The molecule has 0 amide bonds. The number of benzene rings is 1. The Hall–Kier alpha value is -2.08. The number of fused-ring (bicyclic) bond motifs is 1. The predicted octanol–water partition coefficient (Wildman–Crippen LogP) is 2.26. The third kappa shape index (κ3) is 1.91. The molecular weight excluding hydrogens is 248 g/mol. The molecule has 3 rings (SSSR count). The Bertz CT molecular complexity index is 688. The quantitative estimate of drug-likeness (QED) is 0.784. The fourth-order valence-electron chi connectivity index (χ4n) is 1.67. The van der Waals surface area contributed by atoms with Gasteiger partial charge in [0.25, 0.3) is 0 Å².